The average Bonchev–Trinajstić information content (AvgIpc) is 3.18. The predicted octanol–water partition coefficient (Wildman–Crippen LogP) is 1.60. The van der Waals surface area contributed by atoms with Crippen LogP contribution in [0.1, 0.15) is 44.9 Å². The van der Waals surface area contributed by atoms with E-state index in [1.807, 2.05) is 0 Å². The van der Waals surface area contributed by atoms with Gasteiger partial charge >= 0.3 is 12.5 Å². The van der Waals surface area contributed by atoms with Gasteiger partial charge in [-0.3, -0.25) is 23.9 Å². The number of hydrogen-bond donors (Lipinski definition) is 2. The lowest BCUT2D eigenvalue weighted by atomic mass is 9.61. The molecule has 4 aliphatic heterocycles. The first kappa shape index (κ1) is 27.2. The highest BCUT2D eigenvalue weighted by molar-refractivity contribution is 5.96. The van der Waals surface area contributed by atoms with Crippen molar-refractivity contribution in [1.82, 2.24) is 15.5 Å². The van der Waals surface area contributed by atoms with Crippen molar-refractivity contribution in [2.24, 2.45) is 16.7 Å². The Morgan fingerprint density at radius 3 is 2.37 bits per heavy atom. The summed E-state index contributed by atoms with van der Waals surface area (Å²) >= 11 is 0. The number of ketones is 1. The van der Waals surface area contributed by atoms with Crippen molar-refractivity contribution in [3.63, 3.8) is 0 Å². The largest absolute Gasteiger partial charge is 0.522 e. The first-order valence-corrected chi connectivity index (χ1v) is 12.4. The number of amides is 3. The molecule has 6 fully saturated rings. The van der Waals surface area contributed by atoms with Crippen LogP contribution in [0, 0.1) is 16.7 Å². The van der Waals surface area contributed by atoms with Crippen LogP contribution in [-0.2, 0) is 28.7 Å². The van der Waals surface area contributed by atoms with Crippen LogP contribution in [-0.4, -0.2) is 84.9 Å². The minimum atomic E-state index is -5.09. The fourth-order valence-corrected chi connectivity index (χ4v) is 6.27. The van der Waals surface area contributed by atoms with Gasteiger partial charge in [0.25, 0.3) is 5.91 Å². The smallest absolute Gasteiger partial charge is 0.364 e. The van der Waals surface area contributed by atoms with Crippen LogP contribution in [0.3, 0.4) is 0 Å². The van der Waals surface area contributed by atoms with Crippen molar-refractivity contribution in [2.45, 2.75) is 75.2 Å². The molecule has 0 radical (unpaired) electrons. The molecular weight excluding hydrogens is 528 g/mol. The standard InChI is InChI=1S/C23H27F6N3O6/c24-22(25,26)20-8-21(9-20,38-11-20)18(36)32-10-19(2-3-19)6-14(32)17(35)31-13(5-12-1-4-30-16(12)34)15(33)7-37-23(27,28)29/h12-14H,1-11H2,(H,30,34)(H,31,35)/t12-,13-,14?,20?,21?/m0/s1. The van der Waals surface area contributed by atoms with Crippen molar-refractivity contribution >= 4 is 23.5 Å². The monoisotopic (exact) mass is 555 g/mol. The summed E-state index contributed by atoms with van der Waals surface area (Å²) < 4.78 is 87.0. The number of carbonyl (C=O) groups is 4. The maximum absolute atomic E-state index is 13.5. The Hall–Kier alpha value is -2.42. The van der Waals surface area contributed by atoms with Crippen molar-refractivity contribution in [1.29, 1.82) is 0 Å². The summed E-state index contributed by atoms with van der Waals surface area (Å²) in [5.41, 5.74) is -4.14. The number of Topliss-reactive ketones (excluding diaryl/α,β-unsaturated/α-hetero) is 1. The molecule has 9 nitrogen and oxygen atoms in total. The maximum Gasteiger partial charge on any atom is 0.522 e. The molecule has 1 spiro atoms. The second kappa shape index (κ2) is 8.80. The molecule has 212 valence electrons. The predicted molar refractivity (Wildman–Crippen MR) is 113 cm³/mol. The lowest BCUT2D eigenvalue weighted by Crippen LogP contribution is -2.62. The van der Waals surface area contributed by atoms with Crippen molar-refractivity contribution in [3.8, 4) is 0 Å². The lowest BCUT2D eigenvalue weighted by Gasteiger charge is -2.46. The average molecular weight is 555 g/mol. The minimum Gasteiger partial charge on any atom is -0.364 e. The Morgan fingerprint density at radius 2 is 1.84 bits per heavy atom. The van der Waals surface area contributed by atoms with E-state index < -0.39 is 91.1 Å². The Bertz CT molecular complexity index is 1040. The first-order valence-electron chi connectivity index (χ1n) is 12.4. The van der Waals surface area contributed by atoms with Gasteiger partial charge in [-0.2, -0.15) is 13.2 Å². The van der Waals surface area contributed by atoms with E-state index in [1.54, 1.807) is 0 Å². The number of likely N-dealkylation sites (tertiary alicyclic amines) is 1. The number of carbonyl (C=O) groups excluding carboxylic acids is 4. The van der Waals surface area contributed by atoms with Gasteiger partial charge in [0.1, 0.15) is 18.2 Å². The number of nitrogens with one attached hydrogen (secondary N) is 2. The van der Waals surface area contributed by atoms with Gasteiger partial charge in [-0.25, -0.2) is 0 Å². The number of nitrogens with zero attached hydrogens (tertiary/aromatic N) is 1. The second-order valence-electron chi connectivity index (χ2n) is 11.3. The molecule has 0 aromatic rings. The van der Waals surface area contributed by atoms with Crippen LogP contribution in [0.25, 0.3) is 0 Å². The summed E-state index contributed by atoms with van der Waals surface area (Å²) in [4.78, 5) is 52.6. The summed E-state index contributed by atoms with van der Waals surface area (Å²) in [7, 11) is 0. The van der Waals surface area contributed by atoms with E-state index in [9.17, 15) is 45.5 Å². The van der Waals surface area contributed by atoms with Crippen LogP contribution in [0.15, 0.2) is 0 Å². The zero-order chi connectivity index (χ0) is 27.7. The van der Waals surface area contributed by atoms with Gasteiger partial charge in [-0.1, -0.05) is 0 Å². The summed E-state index contributed by atoms with van der Waals surface area (Å²) in [5.74, 6) is -3.76. The highest BCUT2D eigenvalue weighted by atomic mass is 19.4. The molecule has 2 bridgehead atoms. The van der Waals surface area contributed by atoms with Gasteiger partial charge in [0.05, 0.1) is 18.1 Å². The molecule has 3 atom stereocenters. The molecule has 6 aliphatic rings. The van der Waals surface area contributed by atoms with E-state index in [4.69, 9.17) is 4.74 Å². The summed E-state index contributed by atoms with van der Waals surface area (Å²) in [6, 6.07) is -2.63. The Kier molecular flexibility index (Phi) is 6.29. The molecular formula is C23H27F6N3O6. The molecule has 6 rings (SSSR count). The maximum atomic E-state index is 13.5. The third-order valence-corrected chi connectivity index (χ3v) is 8.66. The van der Waals surface area contributed by atoms with Crippen molar-refractivity contribution < 1.29 is 55.0 Å². The van der Waals surface area contributed by atoms with Crippen LogP contribution in [0.5, 0.6) is 0 Å². The highest BCUT2D eigenvalue weighted by Crippen LogP contribution is 2.66. The van der Waals surface area contributed by atoms with E-state index in [1.165, 1.54) is 4.90 Å². The van der Waals surface area contributed by atoms with Gasteiger partial charge in [0.2, 0.25) is 11.8 Å². The number of ether oxygens (including phenoxy) is 2. The van der Waals surface area contributed by atoms with Crippen LogP contribution in [0.4, 0.5) is 26.3 Å². The third-order valence-electron chi connectivity index (χ3n) is 8.66. The third kappa shape index (κ3) is 4.75. The van der Waals surface area contributed by atoms with E-state index in [0.717, 1.165) is 0 Å². The quantitative estimate of drug-likeness (QED) is 0.440. The van der Waals surface area contributed by atoms with Crippen LogP contribution in [0.2, 0.25) is 0 Å². The molecule has 15 heteroatoms. The van der Waals surface area contributed by atoms with E-state index in [2.05, 4.69) is 15.4 Å². The van der Waals surface area contributed by atoms with Gasteiger partial charge < -0.3 is 20.3 Å². The zero-order valence-electron chi connectivity index (χ0n) is 20.2. The molecule has 38 heavy (non-hydrogen) atoms. The van der Waals surface area contributed by atoms with Gasteiger partial charge in [-0.05, 0) is 37.5 Å². The summed E-state index contributed by atoms with van der Waals surface area (Å²) in [6.07, 6.45) is -9.03. The van der Waals surface area contributed by atoms with Gasteiger partial charge in [0, 0.05) is 31.8 Å². The molecule has 2 aliphatic carbocycles. The number of alkyl halides is 6. The fourth-order valence-electron chi connectivity index (χ4n) is 6.27. The summed E-state index contributed by atoms with van der Waals surface area (Å²) in [5, 5.41) is 4.96. The SMILES string of the molecule is O=C(N[C@@H](C[C@@H]1CCNC1=O)C(=O)COC(F)(F)F)C1CC2(CC2)CN1C(=O)C12CC(C(F)(F)F)(CO1)C2. The number of rotatable bonds is 8. The van der Waals surface area contributed by atoms with E-state index >= 15 is 0 Å². The summed E-state index contributed by atoms with van der Waals surface area (Å²) in [6.45, 7) is -1.57. The van der Waals surface area contributed by atoms with E-state index in [-0.39, 0.29) is 24.8 Å². The van der Waals surface area contributed by atoms with Crippen LogP contribution >= 0.6 is 0 Å². The molecule has 0 aromatic heterocycles. The Morgan fingerprint density at radius 1 is 1.16 bits per heavy atom. The van der Waals surface area contributed by atoms with Crippen molar-refractivity contribution in [2.75, 3.05) is 26.3 Å². The molecule has 1 unspecified atom stereocenters. The number of halogens is 6. The van der Waals surface area contributed by atoms with E-state index in [0.29, 0.717) is 25.8 Å². The molecule has 2 N–H and O–H groups in total. The zero-order valence-corrected chi connectivity index (χ0v) is 20.2. The highest BCUT2D eigenvalue weighted by Gasteiger charge is 2.77. The lowest BCUT2D eigenvalue weighted by molar-refractivity contribution is -0.321. The topological polar surface area (TPSA) is 114 Å². The number of hydrogen-bond acceptors (Lipinski definition) is 6. The van der Waals surface area contributed by atoms with Gasteiger partial charge in [0.15, 0.2) is 5.78 Å². The van der Waals surface area contributed by atoms with Crippen LogP contribution < -0.4 is 10.6 Å². The minimum absolute atomic E-state index is 0.134. The molecule has 4 heterocycles. The second-order valence-corrected chi connectivity index (χ2v) is 11.3. The number of fused-ring (bicyclic) bond motifs is 1. The molecule has 3 amide bonds. The molecule has 4 saturated heterocycles. The molecule has 2 saturated carbocycles. The Balaban J connectivity index is 1.30. The Labute approximate surface area is 212 Å². The fraction of sp³-hybridized carbons (Fsp3) is 0.826. The van der Waals surface area contributed by atoms with Gasteiger partial charge in [-0.15, -0.1) is 13.2 Å². The van der Waals surface area contributed by atoms with Crippen molar-refractivity contribution in [3.05, 3.63) is 0 Å². The normalized spacial score (nSPS) is 34.2. The first-order chi connectivity index (χ1) is 17.6. The molecule has 0 aromatic carbocycles.